The molecule has 1 aromatic carbocycles. The Balaban J connectivity index is 1.95. The predicted molar refractivity (Wildman–Crippen MR) is 97.0 cm³/mol. The molecule has 1 fully saturated rings. The molecule has 0 radical (unpaired) electrons. The Labute approximate surface area is 162 Å². The number of amides is 1. The number of aromatic nitrogens is 1. The highest BCUT2D eigenvalue weighted by Crippen LogP contribution is 2.38. The van der Waals surface area contributed by atoms with Crippen molar-refractivity contribution in [1.82, 2.24) is 10.3 Å². The third kappa shape index (κ3) is 3.55. The van der Waals surface area contributed by atoms with Gasteiger partial charge in [-0.1, -0.05) is 11.6 Å². The van der Waals surface area contributed by atoms with Gasteiger partial charge in [0.05, 0.1) is 22.5 Å². The molecule has 0 aliphatic carbocycles. The smallest absolute Gasteiger partial charge is 0.223 e. The summed E-state index contributed by atoms with van der Waals surface area (Å²) < 4.78 is 12.1. The van der Waals surface area contributed by atoms with Gasteiger partial charge in [0.1, 0.15) is 30.1 Å². The molecule has 3 rings (SSSR count). The molecule has 2 aromatic rings. The van der Waals surface area contributed by atoms with Crippen LogP contribution in [0.4, 0.5) is 0 Å². The quantitative estimate of drug-likeness (QED) is 0.473. The monoisotopic (exact) mass is 448 g/mol. The SMILES string of the molecule is CC(=O)N[C@H]1[C@@H](Oc2c[nH]c3ccc(Br)c(Cl)c23)O[C@H](CO)[C@@H](O)[C@@H]1O. The minimum atomic E-state index is -1.39. The molecule has 0 spiro atoms. The number of rotatable bonds is 4. The summed E-state index contributed by atoms with van der Waals surface area (Å²) in [6.45, 7) is 0.749. The molecule has 5 atom stereocenters. The summed E-state index contributed by atoms with van der Waals surface area (Å²) >= 11 is 9.68. The van der Waals surface area contributed by atoms with E-state index < -0.39 is 43.2 Å². The molecule has 1 aliphatic heterocycles. The zero-order valence-electron chi connectivity index (χ0n) is 13.6. The highest BCUT2D eigenvalue weighted by atomic mass is 79.9. The lowest BCUT2D eigenvalue weighted by molar-refractivity contribution is -0.244. The number of aromatic amines is 1. The van der Waals surface area contributed by atoms with Crippen molar-refractivity contribution in [3.8, 4) is 5.75 Å². The molecule has 0 saturated carbocycles. The lowest BCUT2D eigenvalue weighted by Crippen LogP contribution is -2.65. The van der Waals surface area contributed by atoms with Crippen molar-refractivity contribution in [2.24, 2.45) is 0 Å². The maximum atomic E-state index is 11.5. The number of carbonyl (C=O) groups is 1. The van der Waals surface area contributed by atoms with Crippen molar-refractivity contribution in [3.05, 3.63) is 27.8 Å². The number of benzene rings is 1. The molecular formula is C16H18BrClN2O6. The van der Waals surface area contributed by atoms with E-state index >= 15 is 0 Å². The van der Waals surface area contributed by atoms with E-state index in [4.69, 9.17) is 21.1 Å². The molecule has 1 amide bonds. The first-order valence-electron chi connectivity index (χ1n) is 7.84. The Hall–Kier alpha value is -1.36. The van der Waals surface area contributed by atoms with E-state index in [0.29, 0.717) is 20.6 Å². The average molecular weight is 450 g/mol. The second-order valence-corrected chi connectivity index (χ2v) is 7.22. The number of ether oxygens (including phenoxy) is 2. The third-order valence-corrected chi connectivity index (χ3v) is 5.48. The number of hydrogen-bond donors (Lipinski definition) is 5. The summed E-state index contributed by atoms with van der Waals surface area (Å²) in [5.41, 5.74) is 0.722. The van der Waals surface area contributed by atoms with Gasteiger partial charge >= 0.3 is 0 Å². The van der Waals surface area contributed by atoms with Crippen LogP contribution in [0.1, 0.15) is 6.92 Å². The lowest BCUT2D eigenvalue weighted by atomic mass is 9.97. The summed E-state index contributed by atoms with van der Waals surface area (Å²) in [6, 6.07) is 2.55. The third-order valence-electron chi connectivity index (χ3n) is 4.19. The summed E-state index contributed by atoms with van der Waals surface area (Å²) in [7, 11) is 0. The van der Waals surface area contributed by atoms with Gasteiger partial charge in [-0.15, -0.1) is 0 Å². The van der Waals surface area contributed by atoms with Crippen molar-refractivity contribution in [2.45, 2.75) is 37.6 Å². The molecule has 0 unspecified atom stereocenters. The van der Waals surface area contributed by atoms with Crippen molar-refractivity contribution in [1.29, 1.82) is 0 Å². The first-order valence-corrected chi connectivity index (χ1v) is 9.02. The topological polar surface area (TPSA) is 124 Å². The van der Waals surface area contributed by atoms with Crippen LogP contribution in [-0.2, 0) is 9.53 Å². The van der Waals surface area contributed by atoms with Crippen LogP contribution in [0.15, 0.2) is 22.8 Å². The van der Waals surface area contributed by atoms with E-state index in [1.165, 1.54) is 6.92 Å². The largest absolute Gasteiger partial charge is 0.460 e. The summed E-state index contributed by atoms with van der Waals surface area (Å²) in [5, 5.41) is 33.3. The maximum absolute atomic E-state index is 11.5. The van der Waals surface area contributed by atoms with Gasteiger partial charge in [-0.2, -0.15) is 0 Å². The fourth-order valence-electron chi connectivity index (χ4n) is 2.92. The Kier molecular flexibility index (Phi) is 5.75. The minimum Gasteiger partial charge on any atom is -0.460 e. The second kappa shape index (κ2) is 7.71. The van der Waals surface area contributed by atoms with Gasteiger partial charge < -0.3 is 35.1 Å². The second-order valence-electron chi connectivity index (χ2n) is 5.99. The molecule has 142 valence electrons. The maximum Gasteiger partial charge on any atom is 0.223 e. The first kappa shape index (κ1) is 19.4. The fourth-order valence-corrected chi connectivity index (χ4v) is 3.50. The Morgan fingerprint density at radius 2 is 2.15 bits per heavy atom. The number of H-pyrrole nitrogens is 1. The number of fused-ring (bicyclic) bond motifs is 1. The van der Waals surface area contributed by atoms with Crippen molar-refractivity contribution >= 4 is 44.3 Å². The summed E-state index contributed by atoms with van der Waals surface area (Å²) in [4.78, 5) is 14.5. The number of aliphatic hydroxyl groups excluding tert-OH is 3. The Bertz CT molecular complexity index is 815. The van der Waals surface area contributed by atoms with Crippen LogP contribution in [0.2, 0.25) is 5.02 Å². The average Bonchev–Trinajstić information content (AvgIpc) is 3.01. The van der Waals surface area contributed by atoms with Crippen LogP contribution in [0.25, 0.3) is 10.9 Å². The first-order chi connectivity index (χ1) is 12.3. The number of carbonyl (C=O) groups excluding carboxylic acids is 1. The zero-order valence-corrected chi connectivity index (χ0v) is 16.0. The van der Waals surface area contributed by atoms with Crippen LogP contribution in [0, 0.1) is 0 Å². The Morgan fingerprint density at radius 3 is 2.81 bits per heavy atom. The van der Waals surface area contributed by atoms with E-state index in [2.05, 4.69) is 26.2 Å². The van der Waals surface area contributed by atoms with Gasteiger partial charge in [0, 0.05) is 17.6 Å². The van der Waals surface area contributed by atoms with Gasteiger partial charge in [-0.05, 0) is 28.1 Å². The van der Waals surface area contributed by atoms with E-state index in [1.807, 2.05) is 0 Å². The molecule has 10 heteroatoms. The molecular weight excluding hydrogens is 432 g/mol. The minimum absolute atomic E-state index is 0.340. The highest BCUT2D eigenvalue weighted by Gasteiger charge is 2.46. The van der Waals surface area contributed by atoms with Crippen LogP contribution >= 0.6 is 27.5 Å². The number of nitrogens with one attached hydrogen (secondary N) is 2. The predicted octanol–water partition coefficient (Wildman–Crippen LogP) is 0.906. The summed E-state index contributed by atoms with van der Waals surface area (Å²) in [5.74, 6) is -0.0902. The van der Waals surface area contributed by atoms with E-state index in [1.54, 1.807) is 18.3 Å². The highest BCUT2D eigenvalue weighted by molar-refractivity contribution is 9.10. The van der Waals surface area contributed by atoms with Crippen LogP contribution < -0.4 is 10.1 Å². The van der Waals surface area contributed by atoms with Crippen LogP contribution in [0.3, 0.4) is 0 Å². The van der Waals surface area contributed by atoms with Gasteiger partial charge in [0.2, 0.25) is 12.2 Å². The zero-order chi connectivity index (χ0) is 19.0. The van der Waals surface area contributed by atoms with E-state index in [0.717, 1.165) is 5.52 Å². The van der Waals surface area contributed by atoms with Crippen LogP contribution in [-0.4, -0.2) is 63.5 Å². The molecule has 1 aromatic heterocycles. The van der Waals surface area contributed by atoms with Gasteiger partial charge in [-0.3, -0.25) is 4.79 Å². The number of halogens is 2. The van der Waals surface area contributed by atoms with Crippen molar-refractivity contribution in [3.63, 3.8) is 0 Å². The van der Waals surface area contributed by atoms with Gasteiger partial charge in [0.15, 0.2) is 0 Å². The number of hydrogen-bond acceptors (Lipinski definition) is 6. The van der Waals surface area contributed by atoms with Crippen molar-refractivity contribution in [2.75, 3.05) is 6.61 Å². The van der Waals surface area contributed by atoms with Gasteiger partial charge in [0.25, 0.3) is 0 Å². The molecule has 26 heavy (non-hydrogen) atoms. The van der Waals surface area contributed by atoms with Crippen molar-refractivity contribution < 1.29 is 29.6 Å². The summed E-state index contributed by atoms with van der Waals surface area (Å²) in [6.07, 6.45) is -3.40. The fraction of sp³-hybridized carbons (Fsp3) is 0.438. The molecule has 5 N–H and O–H groups in total. The standard InChI is InChI=1S/C16H18BrClN2O6/c1-6(22)20-13-15(24)14(23)10(5-21)26-16(13)25-9-4-19-8-3-2-7(17)12(18)11(8)9/h2-4,10,13-16,19,21,23-24H,5H2,1H3,(H,20,22)/t10-,13-,14-,15-,16+/m1/s1. The van der Waals surface area contributed by atoms with Crippen LogP contribution in [0.5, 0.6) is 5.75 Å². The Morgan fingerprint density at radius 1 is 1.42 bits per heavy atom. The molecule has 0 bridgehead atoms. The van der Waals surface area contributed by atoms with E-state index in [9.17, 15) is 20.1 Å². The normalized spacial score (nSPS) is 28.9. The molecule has 8 nitrogen and oxygen atoms in total. The molecule has 2 heterocycles. The number of aliphatic hydroxyl groups is 3. The molecule has 1 aliphatic rings. The lowest BCUT2D eigenvalue weighted by Gasteiger charge is -2.41. The van der Waals surface area contributed by atoms with Gasteiger partial charge in [-0.25, -0.2) is 0 Å². The molecule has 1 saturated heterocycles. The van der Waals surface area contributed by atoms with E-state index in [-0.39, 0.29) is 0 Å².